The number of hydrogen-bond acceptors (Lipinski definition) is 4. The molecule has 0 radical (unpaired) electrons. The van der Waals surface area contributed by atoms with Crippen molar-refractivity contribution in [2.75, 3.05) is 42.3 Å². The second-order valence-electron chi connectivity index (χ2n) is 6.37. The summed E-state index contributed by atoms with van der Waals surface area (Å²) in [4.78, 5) is 14.4. The van der Waals surface area contributed by atoms with Gasteiger partial charge in [0.2, 0.25) is 0 Å². The van der Waals surface area contributed by atoms with Crippen molar-refractivity contribution >= 4 is 28.5 Å². The van der Waals surface area contributed by atoms with Gasteiger partial charge < -0.3 is 20.3 Å². The fourth-order valence-electron chi connectivity index (χ4n) is 3.08. The van der Waals surface area contributed by atoms with E-state index in [2.05, 4.69) is 22.5 Å². The number of halogens is 1. The zero-order valence-electron chi connectivity index (χ0n) is 15.6. The first kappa shape index (κ1) is 18.9. The Bertz CT molecular complexity index is 834. The molecule has 1 amide bonds. The van der Waals surface area contributed by atoms with E-state index in [9.17, 15) is 9.18 Å². The minimum absolute atomic E-state index is 0.242. The molecule has 2 aromatic carbocycles. The minimum atomic E-state index is -0.371. The molecule has 1 aliphatic heterocycles. The summed E-state index contributed by atoms with van der Waals surface area (Å²) in [6, 6.07) is 12.3. The van der Waals surface area contributed by atoms with Gasteiger partial charge in [-0.2, -0.15) is 0 Å². The fraction of sp³-hybridized carbons (Fsp3) is 0.286. The van der Waals surface area contributed by atoms with E-state index >= 15 is 0 Å². The zero-order valence-corrected chi connectivity index (χ0v) is 15.6. The first-order chi connectivity index (χ1) is 13.1. The van der Waals surface area contributed by atoms with Gasteiger partial charge in [-0.15, -0.1) is 0 Å². The molecule has 0 unspecified atom stereocenters. The van der Waals surface area contributed by atoms with Crippen molar-refractivity contribution in [3.05, 3.63) is 60.0 Å². The molecular weight excluding hydrogens is 345 g/mol. The summed E-state index contributed by atoms with van der Waals surface area (Å²) in [5.41, 5.74) is 3.68. The average molecular weight is 369 g/mol. The highest BCUT2D eigenvalue weighted by atomic mass is 19.1. The first-order valence-electron chi connectivity index (χ1n) is 9.04. The number of nitrogens with zero attached hydrogens (tertiary/aromatic N) is 1. The Hall–Kier alpha value is -2.86. The molecule has 0 saturated carbocycles. The minimum Gasteiger partial charge on any atom is -0.383 e. The molecule has 0 spiro atoms. The van der Waals surface area contributed by atoms with E-state index in [1.54, 1.807) is 19.4 Å². The normalized spacial score (nSPS) is 14.2. The molecule has 27 heavy (non-hydrogen) atoms. The summed E-state index contributed by atoms with van der Waals surface area (Å²) in [6.07, 6.45) is 2.72. The fourth-order valence-corrected chi connectivity index (χ4v) is 3.08. The summed E-state index contributed by atoms with van der Waals surface area (Å²) in [5, 5.41) is 5.83. The van der Waals surface area contributed by atoms with Crippen molar-refractivity contribution in [2.45, 2.75) is 13.3 Å². The van der Waals surface area contributed by atoms with Crippen LogP contribution in [0.2, 0.25) is 0 Å². The van der Waals surface area contributed by atoms with E-state index in [4.69, 9.17) is 4.74 Å². The van der Waals surface area contributed by atoms with Crippen molar-refractivity contribution in [3.63, 3.8) is 0 Å². The molecule has 0 aliphatic carbocycles. The van der Waals surface area contributed by atoms with Crippen molar-refractivity contribution in [2.24, 2.45) is 0 Å². The van der Waals surface area contributed by atoms with Crippen molar-refractivity contribution in [1.82, 2.24) is 0 Å². The topological polar surface area (TPSA) is 53.6 Å². The lowest BCUT2D eigenvalue weighted by Gasteiger charge is -2.24. The lowest BCUT2D eigenvalue weighted by Crippen LogP contribution is -2.27. The number of amides is 1. The Morgan fingerprint density at radius 3 is 2.67 bits per heavy atom. The van der Waals surface area contributed by atoms with E-state index in [0.717, 1.165) is 30.9 Å². The summed E-state index contributed by atoms with van der Waals surface area (Å²) >= 11 is 0. The Labute approximate surface area is 158 Å². The zero-order chi connectivity index (χ0) is 19.2. The Morgan fingerprint density at radius 2 is 1.96 bits per heavy atom. The van der Waals surface area contributed by atoms with Gasteiger partial charge in [-0.25, -0.2) is 4.39 Å². The third-order valence-electron chi connectivity index (χ3n) is 4.44. The van der Waals surface area contributed by atoms with Gasteiger partial charge >= 0.3 is 0 Å². The molecule has 6 heteroatoms. The lowest BCUT2D eigenvalue weighted by atomic mass is 10.1. The molecular formula is C21H24FN3O2. The molecule has 0 bridgehead atoms. The number of nitrogens with one attached hydrogen (secondary N) is 2. The van der Waals surface area contributed by atoms with Gasteiger partial charge in [0, 0.05) is 43.3 Å². The van der Waals surface area contributed by atoms with Crippen LogP contribution in [-0.4, -0.2) is 32.7 Å². The number of hydrogen-bond donors (Lipinski definition) is 2. The van der Waals surface area contributed by atoms with Gasteiger partial charge in [-0.05, 0) is 48.9 Å². The second kappa shape index (κ2) is 8.68. The number of methoxy groups -OCH3 is 1. The highest BCUT2D eigenvalue weighted by molar-refractivity contribution is 6.31. The summed E-state index contributed by atoms with van der Waals surface area (Å²) < 4.78 is 18.5. The molecule has 3 rings (SSSR count). The monoisotopic (exact) mass is 369 g/mol. The number of ether oxygens (including phenoxy) is 1. The van der Waals surface area contributed by atoms with Crippen molar-refractivity contribution < 1.29 is 13.9 Å². The third kappa shape index (κ3) is 4.46. The molecule has 5 nitrogen and oxygen atoms in total. The maximum absolute atomic E-state index is 13.3. The van der Waals surface area contributed by atoms with E-state index in [-0.39, 0.29) is 11.7 Å². The molecule has 0 saturated heterocycles. The number of carbonyl (C=O) groups is 1. The van der Waals surface area contributed by atoms with Gasteiger partial charge in [-0.3, -0.25) is 4.79 Å². The van der Waals surface area contributed by atoms with Gasteiger partial charge in [0.15, 0.2) is 0 Å². The summed E-state index contributed by atoms with van der Waals surface area (Å²) in [6.45, 7) is 4.64. The maximum atomic E-state index is 13.3. The number of benzene rings is 2. The maximum Gasteiger partial charge on any atom is 0.257 e. The number of anilines is 3. The molecule has 0 fully saturated rings. The standard InChI is InChI=1S/C21H24FN3O2/c1-3-10-25(11-12-27-2)17-7-5-16(6-8-17)23-14-19-18-9-4-15(22)13-20(18)24-21(19)26/h4-9,13-14,23H,3,10-12H2,1-2H3,(H,24,26). The van der Waals surface area contributed by atoms with E-state index in [1.807, 2.05) is 24.3 Å². The molecule has 1 heterocycles. The number of carbonyl (C=O) groups excluding carboxylic acids is 1. The smallest absolute Gasteiger partial charge is 0.257 e. The van der Waals surface area contributed by atoms with Crippen LogP contribution in [0.15, 0.2) is 48.7 Å². The van der Waals surface area contributed by atoms with Gasteiger partial charge in [-0.1, -0.05) is 6.92 Å². The predicted octanol–water partition coefficient (Wildman–Crippen LogP) is 4.09. The van der Waals surface area contributed by atoms with Crippen LogP contribution in [0.4, 0.5) is 21.5 Å². The predicted molar refractivity (Wildman–Crippen MR) is 107 cm³/mol. The summed E-state index contributed by atoms with van der Waals surface area (Å²) in [7, 11) is 1.70. The van der Waals surface area contributed by atoms with E-state index < -0.39 is 0 Å². The van der Waals surface area contributed by atoms with Gasteiger partial charge in [0.1, 0.15) is 5.82 Å². The highest BCUT2D eigenvalue weighted by Crippen LogP contribution is 2.32. The SMILES string of the molecule is CCCN(CCOC)c1ccc(NC=C2C(=O)Nc3cc(F)ccc32)cc1. The lowest BCUT2D eigenvalue weighted by molar-refractivity contribution is -0.110. The quantitative estimate of drug-likeness (QED) is 0.688. The van der Waals surface area contributed by atoms with Crippen molar-refractivity contribution in [3.8, 4) is 0 Å². The molecule has 1 aliphatic rings. The van der Waals surface area contributed by atoms with Crippen LogP contribution in [0, 0.1) is 5.82 Å². The summed E-state index contributed by atoms with van der Waals surface area (Å²) in [5.74, 6) is -0.614. The van der Waals surface area contributed by atoms with Crippen LogP contribution < -0.4 is 15.5 Å². The highest BCUT2D eigenvalue weighted by Gasteiger charge is 2.24. The molecule has 2 aromatic rings. The molecule has 2 N–H and O–H groups in total. The van der Waals surface area contributed by atoms with Crippen molar-refractivity contribution in [1.29, 1.82) is 0 Å². The van der Waals surface area contributed by atoms with Crippen LogP contribution in [0.1, 0.15) is 18.9 Å². The Balaban J connectivity index is 1.72. The Kier molecular flexibility index (Phi) is 6.08. The van der Waals surface area contributed by atoms with E-state index in [0.29, 0.717) is 23.4 Å². The number of fused-ring (bicyclic) bond motifs is 1. The van der Waals surface area contributed by atoms with Gasteiger partial charge in [0.25, 0.3) is 5.91 Å². The first-order valence-corrected chi connectivity index (χ1v) is 9.04. The van der Waals surface area contributed by atoms with Crippen LogP contribution in [0.3, 0.4) is 0 Å². The number of rotatable bonds is 8. The van der Waals surface area contributed by atoms with Gasteiger partial charge in [0.05, 0.1) is 17.9 Å². The average Bonchev–Trinajstić information content (AvgIpc) is 2.98. The molecule has 0 aromatic heterocycles. The molecule has 142 valence electrons. The largest absolute Gasteiger partial charge is 0.383 e. The Morgan fingerprint density at radius 1 is 1.19 bits per heavy atom. The van der Waals surface area contributed by atoms with Crippen LogP contribution in [-0.2, 0) is 9.53 Å². The van der Waals surface area contributed by atoms with E-state index in [1.165, 1.54) is 12.1 Å². The van der Waals surface area contributed by atoms with Crippen LogP contribution >= 0.6 is 0 Å². The third-order valence-corrected chi connectivity index (χ3v) is 4.44. The second-order valence-corrected chi connectivity index (χ2v) is 6.37. The van der Waals surface area contributed by atoms with Crippen LogP contribution in [0.25, 0.3) is 5.57 Å². The molecule has 0 atom stereocenters. The van der Waals surface area contributed by atoms with Crippen LogP contribution in [0.5, 0.6) is 0 Å².